The first-order chi connectivity index (χ1) is 15.0. The largest absolute Gasteiger partial charge is 0.492 e. The number of hydrogen-bond acceptors (Lipinski definition) is 4. The fourth-order valence-corrected chi connectivity index (χ4v) is 3.02. The van der Waals surface area contributed by atoms with Crippen LogP contribution < -0.4 is 20.1 Å². The summed E-state index contributed by atoms with van der Waals surface area (Å²) in [6.07, 6.45) is 2.13. The molecule has 0 saturated heterocycles. The third-order valence-electron chi connectivity index (χ3n) is 4.74. The van der Waals surface area contributed by atoms with E-state index in [2.05, 4.69) is 15.6 Å². The third kappa shape index (κ3) is 8.02. The Morgan fingerprint density at radius 3 is 2.65 bits per heavy atom. The van der Waals surface area contributed by atoms with Gasteiger partial charge >= 0.3 is 0 Å². The maximum Gasteiger partial charge on any atom is 0.258 e. The molecule has 0 radical (unpaired) electrons. The van der Waals surface area contributed by atoms with E-state index in [9.17, 15) is 4.79 Å². The van der Waals surface area contributed by atoms with Crippen LogP contribution in [0.2, 0.25) is 5.02 Å². The molecule has 0 aromatic heterocycles. The molecule has 1 aliphatic rings. The van der Waals surface area contributed by atoms with Gasteiger partial charge in [0.2, 0.25) is 0 Å². The Morgan fingerprint density at radius 2 is 1.94 bits per heavy atom. The lowest BCUT2D eigenvalue weighted by Gasteiger charge is -2.22. The van der Waals surface area contributed by atoms with Crippen molar-refractivity contribution in [1.29, 1.82) is 0 Å². The van der Waals surface area contributed by atoms with Gasteiger partial charge in [0.05, 0.1) is 6.54 Å². The van der Waals surface area contributed by atoms with Crippen LogP contribution in [-0.2, 0) is 11.3 Å². The van der Waals surface area contributed by atoms with Crippen LogP contribution in [0.4, 0.5) is 0 Å². The van der Waals surface area contributed by atoms with E-state index < -0.39 is 0 Å². The minimum absolute atomic E-state index is 0.0331. The molecule has 166 valence electrons. The van der Waals surface area contributed by atoms with Gasteiger partial charge in [-0.1, -0.05) is 23.7 Å². The molecule has 0 unspecified atom stereocenters. The van der Waals surface area contributed by atoms with Crippen LogP contribution >= 0.6 is 11.6 Å². The molecule has 2 aromatic rings. The maximum atomic E-state index is 11.8. The monoisotopic (exact) mass is 444 g/mol. The molecule has 0 heterocycles. The second kappa shape index (κ2) is 11.5. The van der Waals surface area contributed by atoms with Gasteiger partial charge < -0.3 is 25.0 Å². The first-order valence-corrected chi connectivity index (χ1v) is 10.7. The van der Waals surface area contributed by atoms with Crippen LogP contribution in [0.15, 0.2) is 53.5 Å². The minimum Gasteiger partial charge on any atom is -0.492 e. The standard InChI is InChI=1S/C23H29ClN4O3/c1-25-23(28(2)12-13-30-20-10-6-18(24)7-11-20)26-15-17-4-3-5-21(14-17)31-16-22(29)27-19-8-9-19/h3-7,10-11,14,19H,8-9,12-13,15-16H2,1-2H3,(H,25,26)(H,27,29). The van der Waals surface area contributed by atoms with Crippen molar-refractivity contribution in [2.45, 2.75) is 25.4 Å². The molecule has 3 rings (SSSR count). The molecule has 8 heteroatoms. The number of ether oxygens (including phenoxy) is 2. The van der Waals surface area contributed by atoms with E-state index in [4.69, 9.17) is 21.1 Å². The molecule has 1 fully saturated rings. The van der Waals surface area contributed by atoms with Crippen molar-refractivity contribution in [2.24, 2.45) is 4.99 Å². The average Bonchev–Trinajstić information content (AvgIpc) is 3.58. The summed E-state index contributed by atoms with van der Waals surface area (Å²) in [6, 6.07) is 15.3. The van der Waals surface area contributed by atoms with E-state index in [1.165, 1.54) is 0 Å². The highest BCUT2D eigenvalue weighted by Gasteiger charge is 2.23. The summed E-state index contributed by atoms with van der Waals surface area (Å²) in [6.45, 7) is 1.80. The van der Waals surface area contributed by atoms with Gasteiger partial charge in [0.15, 0.2) is 12.6 Å². The number of likely N-dealkylation sites (N-methyl/N-ethyl adjacent to an activating group) is 1. The van der Waals surface area contributed by atoms with Crippen molar-refractivity contribution >= 4 is 23.5 Å². The number of carbonyl (C=O) groups excluding carboxylic acids is 1. The Morgan fingerprint density at radius 1 is 1.16 bits per heavy atom. The van der Waals surface area contributed by atoms with Crippen LogP contribution in [0.3, 0.4) is 0 Å². The molecule has 0 aliphatic heterocycles. The van der Waals surface area contributed by atoms with Crippen molar-refractivity contribution in [3.8, 4) is 11.5 Å². The highest BCUT2D eigenvalue weighted by atomic mass is 35.5. The normalized spacial score (nSPS) is 13.5. The van der Waals surface area contributed by atoms with Gasteiger partial charge in [-0.25, -0.2) is 0 Å². The molecule has 0 spiro atoms. The number of hydrogen-bond donors (Lipinski definition) is 2. The number of guanidine groups is 1. The molecular formula is C23H29ClN4O3. The van der Waals surface area contributed by atoms with Gasteiger partial charge in [-0.2, -0.15) is 0 Å². The number of aliphatic imine (C=N–C) groups is 1. The van der Waals surface area contributed by atoms with Crippen molar-refractivity contribution < 1.29 is 14.3 Å². The van der Waals surface area contributed by atoms with E-state index in [1.807, 2.05) is 48.3 Å². The molecule has 2 N–H and O–H groups in total. The second-order valence-corrected chi connectivity index (χ2v) is 7.84. The van der Waals surface area contributed by atoms with Crippen molar-refractivity contribution in [1.82, 2.24) is 15.5 Å². The van der Waals surface area contributed by atoms with Gasteiger partial charge in [-0.15, -0.1) is 0 Å². The van der Waals surface area contributed by atoms with Gasteiger partial charge in [-0.3, -0.25) is 9.79 Å². The minimum atomic E-state index is -0.0751. The van der Waals surface area contributed by atoms with Gasteiger partial charge in [0.25, 0.3) is 5.91 Å². The SMILES string of the molecule is CN=C(NCc1cccc(OCC(=O)NC2CC2)c1)N(C)CCOc1ccc(Cl)cc1. The van der Waals surface area contributed by atoms with Crippen molar-refractivity contribution in [2.75, 3.05) is 33.9 Å². The Labute approximate surface area is 188 Å². The first kappa shape index (κ1) is 22.7. The van der Waals surface area contributed by atoms with Crippen LogP contribution in [-0.4, -0.2) is 56.7 Å². The smallest absolute Gasteiger partial charge is 0.258 e. The zero-order valence-electron chi connectivity index (χ0n) is 17.9. The molecular weight excluding hydrogens is 416 g/mol. The van der Waals surface area contributed by atoms with E-state index in [1.54, 1.807) is 19.2 Å². The van der Waals surface area contributed by atoms with Crippen molar-refractivity contribution in [3.05, 3.63) is 59.1 Å². The summed E-state index contributed by atoms with van der Waals surface area (Å²) in [4.78, 5) is 18.1. The number of rotatable bonds is 10. The average molecular weight is 445 g/mol. The van der Waals surface area contributed by atoms with Crippen LogP contribution in [0.1, 0.15) is 18.4 Å². The lowest BCUT2D eigenvalue weighted by Crippen LogP contribution is -2.40. The summed E-state index contributed by atoms with van der Waals surface area (Å²) in [5.41, 5.74) is 1.03. The molecule has 1 aliphatic carbocycles. The zero-order valence-corrected chi connectivity index (χ0v) is 18.7. The summed E-state index contributed by atoms with van der Waals surface area (Å²) in [5.74, 6) is 2.14. The van der Waals surface area contributed by atoms with E-state index in [0.29, 0.717) is 36.5 Å². The summed E-state index contributed by atoms with van der Waals surface area (Å²) in [5, 5.41) is 6.94. The van der Waals surface area contributed by atoms with Crippen LogP contribution in [0.25, 0.3) is 0 Å². The molecule has 31 heavy (non-hydrogen) atoms. The Bertz CT molecular complexity index is 885. The predicted molar refractivity (Wildman–Crippen MR) is 123 cm³/mol. The molecule has 1 amide bonds. The highest BCUT2D eigenvalue weighted by Crippen LogP contribution is 2.19. The topological polar surface area (TPSA) is 75.2 Å². The van der Waals surface area contributed by atoms with E-state index >= 15 is 0 Å². The maximum absolute atomic E-state index is 11.8. The van der Waals surface area contributed by atoms with Gasteiger partial charge in [0, 0.05) is 31.7 Å². The molecule has 0 atom stereocenters. The summed E-state index contributed by atoms with van der Waals surface area (Å²) >= 11 is 5.89. The van der Waals surface area contributed by atoms with Crippen LogP contribution in [0, 0.1) is 0 Å². The van der Waals surface area contributed by atoms with Crippen LogP contribution in [0.5, 0.6) is 11.5 Å². The zero-order chi connectivity index (χ0) is 22.1. The van der Waals surface area contributed by atoms with E-state index in [-0.39, 0.29) is 12.5 Å². The fourth-order valence-electron chi connectivity index (χ4n) is 2.89. The molecule has 2 aromatic carbocycles. The number of carbonyl (C=O) groups is 1. The van der Waals surface area contributed by atoms with Crippen molar-refractivity contribution in [3.63, 3.8) is 0 Å². The first-order valence-electron chi connectivity index (χ1n) is 10.3. The number of halogens is 1. The molecule has 0 bridgehead atoms. The summed E-state index contributed by atoms with van der Waals surface area (Å²) < 4.78 is 11.4. The van der Waals surface area contributed by atoms with Gasteiger partial charge in [-0.05, 0) is 54.8 Å². The number of nitrogens with zero attached hydrogens (tertiary/aromatic N) is 2. The lowest BCUT2D eigenvalue weighted by molar-refractivity contribution is -0.123. The quantitative estimate of drug-likeness (QED) is 0.435. The number of amides is 1. The summed E-state index contributed by atoms with van der Waals surface area (Å²) in [7, 11) is 3.70. The lowest BCUT2D eigenvalue weighted by atomic mass is 10.2. The third-order valence-corrected chi connectivity index (χ3v) is 5.00. The Kier molecular flexibility index (Phi) is 8.41. The number of nitrogens with one attached hydrogen (secondary N) is 2. The molecule has 1 saturated carbocycles. The number of benzene rings is 2. The fraction of sp³-hybridized carbons (Fsp3) is 0.391. The highest BCUT2D eigenvalue weighted by molar-refractivity contribution is 6.30. The second-order valence-electron chi connectivity index (χ2n) is 7.40. The predicted octanol–water partition coefficient (Wildman–Crippen LogP) is 3.08. The van der Waals surface area contributed by atoms with E-state index in [0.717, 1.165) is 30.1 Å². The molecule has 7 nitrogen and oxygen atoms in total. The Balaban J connectivity index is 1.41. The Hall–Kier alpha value is -2.93. The van der Waals surface area contributed by atoms with Gasteiger partial charge in [0.1, 0.15) is 18.1 Å².